The van der Waals surface area contributed by atoms with Gasteiger partial charge in [0.15, 0.2) is 5.60 Å². The van der Waals surface area contributed by atoms with Crippen LogP contribution in [0.1, 0.15) is 49.3 Å². The van der Waals surface area contributed by atoms with Crippen LogP contribution in [0.15, 0.2) is 35.1 Å². The maximum atomic E-state index is 13.2. The second-order valence-electron chi connectivity index (χ2n) is 8.68. The monoisotopic (exact) mass is 478 g/mol. The molecule has 0 radical (unpaired) electrons. The molecule has 3 aromatic rings. The summed E-state index contributed by atoms with van der Waals surface area (Å²) in [6.45, 7) is 1.72. The summed E-state index contributed by atoms with van der Waals surface area (Å²) in [5, 5.41) is 20.3. The van der Waals surface area contributed by atoms with Gasteiger partial charge in [-0.25, -0.2) is 9.78 Å². The Morgan fingerprint density at radius 2 is 2.00 bits per heavy atom. The molecule has 1 aromatic carbocycles. The molecule has 0 fully saturated rings. The summed E-state index contributed by atoms with van der Waals surface area (Å²) in [5.74, 6) is -1.95. The number of aliphatic carboxylic acids is 1. The zero-order valence-corrected chi connectivity index (χ0v) is 18.9. The molecule has 1 unspecified atom stereocenters. The minimum atomic E-state index is -1.88. The third kappa shape index (κ3) is 3.75. The second-order valence-corrected chi connectivity index (χ2v) is 8.68. The highest BCUT2D eigenvalue weighted by Crippen LogP contribution is 2.38. The number of aromatic nitrogens is 2. The lowest BCUT2D eigenvalue weighted by molar-refractivity contribution is -0.172. The molecule has 4 heterocycles. The van der Waals surface area contributed by atoms with Gasteiger partial charge in [-0.1, -0.05) is 6.92 Å². The Labute approximate surface area is 198 Å². The van der Waals surface area contributed by atoms with Crippen LogP contribution in [0.5, 0.6) is 5.75 Å². The molecule has 0 saturated heterocycles. The maximum Gasteiger partial charge on any atom is 0.343 e. The Morgan fingerprint density at radius 3 is 2.74 bits per heavy atom. The van der Waals surface area contributed by atoms with E-state index in [9.17, 15) is 24.3 Å². The maximum absolute atomic E-state index is 13.2. The molecule has 0 amide bonds. The summed E-state index contributed by atoms with van der Waals surface area (Å²) >= 11 is 0. The van der Waals surface area contributed by atoms with Crippen molar-refractivity contribution in [2.24, 2.45) is 0 Å². The Bertz CT molecular complexity index is 1470. The van der Waals surface area contributed by atoms with E-state index in [0.717, 1.165) is 5.56 Å². The molecule has 35 heavy (non-hydrogen) atoms. The number of rotatable bonds is 6. The van der Waals surface area contributed by atoms with Crippen LogP contribution in [0.25, 0.3) is 22.3 Å². The van der Waals surface area contributed by atoms with Gasteiger partial charge < -0.3 is 24.3 Å². The number of aliphatic hydroxyl groups is 1. The average Bonchev–Trinajstić information content (AvgIpc) is 3.18. The normalized spacial score (nSPS) is 17.9. The number of hydrogen-bond acceptors (Lipinski definition) is 8. The number of nitrogens with zero attached hydrogens (tertiary/aromatic N) is 2. The van der Waals surface area contributed by atoms with Gasteiger partial charge in [0.25, 0.3) is 5.56 Å². The SMILES string of the molecule is CCC1(O)C(=O)OCc2c1cc1n(c2=O)Cc2cc3cc(OC(=O)CCCC(=O)O)ccc3nc2-1. The molecule has 0 saturated carbocycles. The van der Waals surface area contributed by atoms with E-state index < -0.39 is 23.5 Å². The highest BCUT2D eigenvalue weighted by atomic mass is 16.6. The van der Waals surface area contributed by atoms with Crippen LogP contribution in [0.4, 0.5) is 0 Å². The predicted molar refractivity (Wildman–Crippen MR) is 122 cm³/mol. The minimum Gasteiger partial charge on any atom is -0.481 e. The Balaban J connectivity index is 1.49. The molecule has 1 atom stereocenters. The zero-order chi connectivity index (χ0) is 24.9. The number of fused-ring (bicyclic) bond motifs is 5. The Morgan fingerprint density at radius 1 is 1.20 bits per heavy atom. The van der Waals surface area contributed by atoms with Gasteiger partial charge in [0.2, 0.25) is 0 Å². The fourth-order valence-electron chi connectivity index (χ4n) is 4.59. The third-order valence-electron chi connectivity index (χ3n) is 6.48. The summed E-state index contributed by atoms with van der Waals surface area (Å²) in [5.41, 5.74) is 0.766. The molecule has 5 rings (SSSR count). The van der Waals surface area contributed by atoms with Crippen molar-refractivity contribution >= 4 is 28.8 Å². The zero-order valence-electron chi connectivity index (χ0n) is 18.9. The molecular formula is C25H22N2O8. The first-order chi connectivity index (χ1) is 16.7. The van der Waals surface area contributed by atoms with E-state index in [-0.39, 0.29) is 55.5 Å². The number of ether oxygens (including phenoxy) is 2. The van der Waals surface area contributed by atoms with Crippen LogP contribution in [0, 0.1) is 0 Å². The molecule has 0 spiro atoms. The first kappa shape index (κ1) is 22.7. The lowest BCUT2D eigenvalue weighted by Crippen LogP contribution is -2.44. The second kappa shape index (κ2) is 8.31. The molecule has 2 aliphatic heterocycles. The number of carbonyl (C=O) groups excluding carboxylic acids is 2. The fourth-order valence-corrected chi connectivity index (χ4v) is 4.59. The number of hydrogen-bond donors (Lipinski definition) is 2. The molecule has 10 heteroatoms. The lowest BCUT2D eigenvalue weighted by atomic mass is 9.86. The summed E-state index contributed by atoms with van der Waals surface area (Å²) in [6, 6.07) is 8.46. The van der Waals surface area contributed by atoms with Crippen molar-refractivity contribution < 1.29 is 34.1 Å². The number of cyclic esters (lactones) is 1. The average molecular weight is 478 g/mol. The number of carboxylic acids is 1. The van der Waals surface area contributed by atoms with Gasteiger partial charge in [-0.2, -0.15) is 0 Å². The first-order valence-corrected chi connectivity index (χ1v) is 11.2. The number of benzene rings is 1. The minimum absolute atomic E-state index is 0.00794. The van der Waals surface area contributed by atoms with Crippen LogP contribution < -0.4 is 10.3 Å². The molecule has 0 bridgehead atoms. The fraction of sp³-hybridized carbons (Fsp3) is 0.320. The number of pyridine rings is 2. The van der Waals surface area contributed by atoms with E-state index >= 15 is 0 Å². The number of esters is 2. The van der Waals surface area contributed by atoms with E-state index in [1.54, 1.807) is 35.8 Å². The van der Waals surface area contributed by atoms with Crippen molar-refractivity contribution in [2.45, 2.75) is 51.4 Å². The highest BCUT2D eigenvalue weighted by Gasteiger charge is 2.45. The molecule has 2 aromatic heterocycles. The van der Waals surface area contributed by atoms with Gasteiger partial charge in [0, 0.05) is 29.4 Å². The van der Waals surface area contributed by atoms with Crippen LogP contribution >= 0.6 is 0 Å². The number of carboxylic acid groups (broad SMARTS) is 1. The van der Waals surface area contributed by atoms with Crippen LogP contribution in [0.3, 0.4) is 0 Å². The van der Waals surface area contributed by atoms with Gasteiger partial charge in [-0.15, -0.1) is 0 Å². The summed E-state index contributed by atoms with van der Waals surface area (Å²) in [6.07, 6.45) is 0.142. The summed E-state index contributed by atoms with van der Waals surface area (Å²) in [4.78, 5) is 52.8. The van der Waals surface area contributed by atoms with Gasteiger partial charge in [0.05, 0.1) is 29.0 Å². The van der Waals surface area contributed by atoms with Gasteiger partial charge in [0.1, 0.15) is 12.4 Å². The molecule has 0 aliphatic carbocycles. The molecule has 10 nitrogen and oxygen atoms in total. The van der Waals surface area contributed by atoms with E-state index in [4.69, 9.17) is 19.6 Å². The van der Waals surface area contributed by atoms with Crippen LogP contribution in [-0.4, -0.2) is 37.7 Å². The van der Waals surface area contributed by atoms with Gasteiger partial charge in [-0.05, 0) is 43.2 Å². The Hall–Kier alpha value is -4.05. The molecule has 2 N–H and O–H groups in total. The quantitative estimate of drug-likeness (QED) is 0.315. The van der Waals surface area contributed by atoms with Crippen molar-refractivity contribution in [3.8, 4) is 17.1 Å². The van der Waals surface area contributed by atoms with Gasteiger partial charge >= 0.3 is 17.9 Å². The summed E-state index contributed by atoms with van der Waals surface area (Å²) < 4.78 is 12.0. The van der Waals surface area contributed by atoms with E-state index in [2.05, 4.69) is 0 Å². The lowest BCUT2D eigenvalue weighted by Gasteiger charge is -2.31. The largest absolute Gasteiger partial charge is 0.481 e. The van der Waals surface area contributed by atoms with E-state index in [1.807, 2.05) is 6.07 Å². The van der Waals surface area contributed by atoms with Crippen molar-refractivity contribution in [3.05, 3.63) is 57.4 Å². The summed E-state index contributed by atoms with van der Waals surface area (Å²) in [7, 11) is 0. The highest BCUT2D eigenvalue weighted by molar-refractivity contribution is 5.87. The first-order valence-electron chi connectivity index (χ1n) is 11.2. The van der Waals surface area contributed by atoms with E-state index in [0.29, 0.717) is 28.0 Å². The molecular weight excluding hydrogens is 456 g/mol. The van der Waals surface area contributed by atoms with Crippen molar-refractivity contribution in [1.29, 1.82) is 0 Å². The Kier molecular flexibility index (Phi) is 5.40. The van der Waals surface area contributed by atoms with Crippen LogP contribution in [0.2, 0.25) is 0 Å². The topological polar surface area (TPSA) is 145 Å². The third-order valence-corrected chi connectivity index (χ3v) is 6.48. The standard InChI is InChI=1S/C25H22N2O8/c1-2-25(33)17-10-19-22-14(11-27(19)23(31)16(17)12-34-24(25)32)8-13-9-15(6-7-18(13)26-22)35-21(30)5-3-4-20(28)29/h6-10,33H,2-5,11-12H2,1H3,(H,28,29). The van der Waals surface area contributed by atoms with Crippen molar-refractivity contribution in [1.82, 2.24) is 9.55 Å². The van der Waals surface area contributed by atoms with Crippen molar-refractivity contribution in [2.75, 3.05) is 0 Å². The van der Waals surface area contributed by atoms with Gasteiger partial charge in [-0.3, -0.25) is 14.4 Å². The molecule has 180 valence electrons. The van der Waals surface area contributed by atoms with E-state index in [1.165, 1.54) is 0 Å². The number of carbonyl (C=O) groups is 3. The predicted octanol–water partition coefficient (Wildman–Crippen LogP) is 2.24. The molecule has 2 aliphatic rings. The van der Waals surface area contributed by atoms with Crippen LogP contribution in [-0.2, 0) is 37.9 Å². The smallest absolute Gasteiger partial charge is 0.343 e. The van der Waals surface area contributed by atoms with Crippen molar-refractivity contribution in [3.63, 3.8) is 0 Å².